The lowest BCUT2D eigenvalue weighted by atomic mass is 9.98. The first kappa shape index (κ1) is 60.8. The first-order valence-electron chi connectivity index (χ1n) is 23.5. The van der Waals surface area contributed by atoms with Gasteiger partial charge in [-0.2, -0.15) is 18.2 Å². The summed E-state index contributed by atoms with van der Waals surface area (Å²) in [6, 6.07) is 0.258. The van der Waals surface area contributed by atoms with E-state index in [1.165, 1.54) is 27.1 Å². The molecule has 5 aromatic heterocycles. The summed E-state index contributed by atoms with van der Waals surface area (Å²) >= 11 is 0. The minimum Gasteiger partial charge on any atom is -0.387 e. The van der Waals surface area contributed by atoms with Crippen molar-refractivity contribution in [2.75, 3.05) is 51.5 Å². The number of phosphoric acid groups is 4. The molecule has 0 bridgehead atoms. The van der Waals surface area contributed by atoms with Gasteiger partial charge in [-0.05, 0) is 6.42 Å². The van der Waals surface area contributed by atoms with Crippen LogP contribution in [0.1, 0.15) is 38.4 Å². The summed E-state index contributed by atoms with van der Waals surface area (Å²) in [5.74, 6) is -1.60. The molecule has 5 unspecified atom stereocenters. The largest absolute Gasteiger partial charge is 0.490 e. The Bertz CT molecular complexity index is 3450. The Morgan fingerprint density at radius 2 is 1.41 bits per heavy atom. The molecule has 3 aliphatic rings. The van der Waals surface area contributed by atoms with Gasteiger partial charge in [0.1, 0.15) is 54.6 Å². The maximum absolute atomic E-state index is 13.6. The number of hydrogen-bond donors (Lipinski definition) is 13. The third-order valence-corrected chi connectivity index (χ3v) is 17.7. The van der Waals surface area contributed by atoms with Gasteiger partial charge in [-0.3, -0.25) is 46.8 Å². The second kappa shape index (κ2) is 24.3. The summed E-state index contributed by atoms with van der Waals surface area (Å²) in [7, 11) is -21.0. The number of nitrogens with two attached hydrogens (primary N) is 2. The van der Waals surface area contributed by atoms with Crippen molar-refractivity contribution < 1.29 is 108 Å². The molecule has 16 atom stereocenters. The number of nitrogen functional groups attached to an aromatic ring is 2. The summed E-state index contributed by atoms with van der Waals surface area (Å²) < 4.78 is 110. The van der Waals surface area contributed by atoms with Crippen molar-refractivity contribution in [3.8, 4) is 0 Å². The van der Waals surface area contributed by atoms with Crippen LogP contribution < -0.4 is 43.5 Å². The van der Waals surface area contributed by atoms with E-state index in [9.17, 15) is 72.3 Å². The highest BCUT2D eigenvalue weighted by molar-refractivity contribution is 7.66. The topological polar surface area (TPSA) is 548 Å². The number of nitrogens with zero attached hydrogens (tertiary/aromatic N) is 8. The number of aryl methyl sites for hydroxylation is 1. The van der Waals surface area contributed by atoms with E-state index in [0.717, 1.165) is 43.0 Å². The summed E-state index contributed by atoms with van der Waals surface area (Å²) in [4.78, 5) is 113. The normalized spacial score (nSPS) is 29.1. The number of aliphatic hydroxyl groups excluding tert-OH is 3. The Morgan fingerprint density at radius 1 is 0.775 bits per heavy atom. The number of urea groups is 1. The fourth-order valence-electron chi connectivity index (χ4n) is 8.78. The predicted molar refractivity (Wildman–Crippen MR) is 262 cm³/mol. The molecule has 3 fully saturated rings. The van der Waals surface area contributed by atoms with Gasteiger partial charge in [-0.25, -0.2) is 47.4 Å². The average molecular weight is 1220 g/mol. The molecular formula is C37H55N14O25P4+. The van der Waals surface area contributed by atoms with Gasteiger partial charge in [0.2, 0.25) is 18.5 Å². The molecule has 2 amide bonds. The van der Waals surface area contributed by atoms with E-state index in [0.29, 0.717) is 13.0 Å². The first-order valence-corrected chi connectivity index (χ1v) is 29.5. The van der Waals surface area contributed by atoms with Crippen LogP contribution in [0.15, 0.2) is 45.6 Å². The van der Waals surface area contributed by atoms with Crippen molar-refractivity contribution in [2.24, 2.45) is 13.0 Å². The van der Waals surface area contributed by atoms with Gasteiger partial charge >= 0.3 is 48.6 Å². The zero-order chi connectivity index (χ0) is 58.2. The summed E-state index contributed by atoms with van der Waals surface area (Å²) in [6.45, 7) is -1.55. The average Bonchev–Trinajstić information content (AvgIpc) is 4.35. The van der Waals surface area contributed by atoms with Gasteiger partial charge in [0.05, 0.1) is 39.3 Å². The Morgan fingerprint density at radius 3 is 2.09 bits per heavy atom. The van der Waals surface area contributed by atoms with Crippen LogP contribution >= 0.6 is 31.3 Å². The number of fused-ring (bicyclic) bond motifs is 2. The SMILES string of the molecule is CCCCNC(=O)NC[C@H]1[C@@H](O)[C@H](n2c[n+](C)c3c(=O)[nH]c(N)nc32)O[C@@H]1COP(=O)(O)OP(=O)(O)OP(=O)(O)OCC1O[C@@H](n2cnc3c(N)ncnc32)[C@H](OC)[C@@H]1OP(=O)(O)OC[C@H]1O[C@@H](n2ccc(=O)[nH]c2=O)[C@H](O)[C@@H]1O. The van der Waals surface area contributed by atoms with Crippen molar-refractivity contribution >= 4 is 71.4 Å². The van der Waals surface area contributed by atoms with E-state index in [1.807, 2.05) is 11.9 Å². The van der Waals surface area contributed by atoms with Crippen LogP contribution in [-0.4, -0.2) is 173 Å². The third kappa shape index (κ3) is 13.6. The molecule has 0 aliphatic carbocycles. The van der Waals surface area contributed by atoms with Crippen LogP contribution in [-0.2, 0) is 71.0 Å². The van der Waals surface area contributed by atoms with Crippen molar-refractivity contribution in [3.63, 3.8) is 0 Å². The van der Waals surface area contributed by atoms with Crippen molar-refractivity contribution in [1.29, 1.82) is 0 Å². The van der Waals surface area contributed by atoms with Gasteiger partial charge in [-0.1, -0.05) is 13.3 Å². The molecule has 8 rings (SSSR count). The fourth-order valence-corrected chi connectivity index (χ4v) is 13.3. The van der Waals surface area contributed by atoms with E-state index in [4.69, 9.17) is 48.5 Å². The van der Waals surface area contributed by atoms with E-state index in [2.05, 4.69) is 44.2 Å². The number of carbonyl (C=O) groups excluding carboxylic acids is 1. The number of aliphatic hydroxyl groups is 3. The molecule has 8 heterocycles. The quantitative estimate of drug-likeness (QED) is 0.0162. The van der Waals surface area contributed by atoms with Gasteiger partial charge < -0.3 is 75.9 Å². The van der Waals surface area contributed by atoms with Crippen LogP contribution in [0.3, 0.4) is 0 Å². The lowest BCUT2D eigenvalue weighted by Crippen LogP contribution is -2.43. The number of phosphoric ester groups is 3. The van der Waals surface area contributed by atoms with Crippen LogP contribution in [0.5, 0.6) is 0 Å². The van der Waals surface area contributed by atoms with E-state index in [1.54, 1.807) is 0 Å². The number of methoxy groups -OCH3 is 1. The predicted octanol–water partition coefficient (Wildman–Crippen LogP) is -3.52. The minimum atomic E-state index is -6.24. The number of carbonyl (C=O) groups is 1. The molecule has 0 radical (unpaired) electrons. The van der Waals surface area contributed by atoms with Crippen LogP contribution in [0.4, 0.5) is 16.6 Å². The number of hydrogen-bond acceptors (Lipinski definition) is 27. The van der Waals surface area contributed by atoms with Crippen LogP contribution in [0, 0.1) is 5.92 Å². The highest BCUT2D eigenvalue weighted by Gasteiger charge is 2.54. The molecule has 80 heavy (non-hydrogen) atoms. The molecule has 0 saturated carbocycles. The number of imidazole rings is 2. The van der Waals surface area contributed by atoms with E-state index >= 15 is 0 Å². The second-order valence-electron chi connectivity index (χ2n) is 17.9. The van der Waals surface area contributed by atoms with Gasteiger partial charge in [0, 0.05) is 38.4 Å². The number of anilines is 2. The van der Waals surface area contributed by atoms with Crippen molar-refractivity contribution in [2.45, 2.75) is 87.3 Å². The maximum atomic E-state index is 13.6. The summed E-state index contributed by atoms with van der Waals surface area (Å²) in [5.41, 5.74) is 9.19. The van der Waals surface area contributed by atoms with E-state index in [-0.39, 0.29) is 40.6 Å². The molecule has 15 N–H and O–H groups in total. The lowest BCUT2D eigenvalue weighted by Gasteiger charge is -2.26. The Hall–Kier alpha value is -5.31. The van der Waals surface area contributed by atoms with E-state index < -0.39 is 147 Å². The molecule has 3 aliphatic heterocycles. The Kier molecular flexibility index (Phi) is 18.4. The van der Waals surface area contributed by atoms with Crippen molar-refractivity contribution in [1.82, 2.24) is 54.2 Å². The number of aromatic amines is 2. The van der Waals surface area contributed by atoms with Gasteiger partial charge in [0.25, 0.3) is 16.7 Å². The summed E-state index contributed by atoms with van der Waals surface area (Å²) in [5, 5.41) is 38.0. The summed E-state index contributed by atoms with van der Waals surface area (Å²) in [6.07, 6.45) is -12.4. The Balaban J connectivity index is 0.947. The second-order valence-corrected chi connectivity index (χ2v) is 23.9. The number of unbranched alkanes of at least 4 members (excludes halogenated alkanes) is 1. The standard InChI is InChI=1S/C37H54N14O25P4/c1-4-5-7-40-36(57)41-9-16-17(71-32(23(16)53)51-15-48(2)22-30(51)46-35(39)47-31(22)56)10-69-78(61,62)75-80(65,66)76-79(63,64)70-12-19-26(27(67-3)34(73-19)50-14-44-21-28(38)42-13-43-29(21)50)74-77(59,60)68-11-18-24(54)25(55)33(72-18)49-8-6-20(52)45-37(49)58/h6,8,13-19,23-27,32-34,53-55H,4-5,7,9-12H2,1-3H3,(H11-,38,39,40,41,42,43,45,46,47,52,56,57,58,59,60,61,62,63,64,65,66)/p+1/t16-,17-,18-,19?,23-,24-,25-,26-,27-,32-,33-,34-/m1/s1. The minimum absolute atomic E-state index is 0.00198. The molecule has 43 heteroatoms. The third-order valence-electron chi connectivity index (χ3n) is 12.5. The fraction of sp³-hybridized carbons (Fsp3) is 0.595. The zero-order valence-corrected chi connectivity index (χ0v) is 45.3. The van der Waals surface area contributed by atoms with Crippen molar-refractivity contribution in [3.05, 3.63) is 62.4 Å². The molecule has 0 spiro atoms. The molecule has 3 saturated heterocycles. The first-order chi connectivity index (χ1) is 37.6. The molecular weight excluding hydrogens is 1160 g/mol. The highest BCUT2D eigenvalue weighted by atomic mass is 31.3. The number of rotatable bonds is 24. The smallest absolute Gasteiger partial charge is 0.387 e. The molecule has 39 nitrogen and oxygen atoms in total. The number of H-pyrrole nitrogens is 2. The van der Waals surface area contributed by atoms with Crippen LogP contribution in [0.2, 0.25) is 0 Å². The van der Waals surface area contributed by atoms with Gasteiger partial charge in [0.15, 0.2) is 23.9 Å². The lowest BCUT2D eigenvalue weighted by molar-refractivity contribution is -0.646. The molecule has 442 valence electrons. The number of aromatic nitrogens is 10. The number of nitrogens with one attached hydrogen (secondary N) is 4. The van der Waals surface area contributed by atoms with Gasteiger partial charge in [-0.15, -0.1) is 0 Å². The molecule has 0 aromatic carbocycles. The molecule has 5 aromatic rings. The zero-order valence-electron chi connectivity index (χ0n) is 41.8. The number of amides is 2. The number of ether oxygens (including phenoxy) is 4. The van der Waals surface area contributed by atoms with Crippen LogP contribution in [0.25, 0.3) is 22.3 Å². The maximum Gasteiger partial charge on any atom is 0.490 e. The highest BCUT2D eigenvalue weighted by Crippen LogP contribution is 2.68. The monoisotopic (exact) mass is 1220 g/mol. The Labute approximate surface area is 447 Å².